The highest BCUT2D eigenvalue weighted by Crippen LogP contribution is 2.43. The molecule has 1 aliphatic carbocycles. The van der Waals surface area contributed by atoms with Crippen molar-refractivity contribution in [1.29, 1.82) is 0 Å². The standard InChI is InChI=1S/C27H25FN4O/c1-16(27-31-24-8-6-19(12-25(24)32-27)26-14-29-15-33-26)17-2-4-18(5-3-17)21-10-11-30-23-9-7-20(28)13-22(21)23/h6-18H,2-5H2,1H3,(H,31,32)/t16-,17?,18?/m1/s1. The molecule has 1 N–H and O–H groups in total. The van der Waals surface area contributed by atoms with E-state index in [-0.39, 0.29) is 5.82 Å². The topological polar surface area (TPSA) is 67.6 Å². The number of imidazole rings is 1. The fourth-order valence-corrected chi connectivity index (χ4v) is 5.40. The highest BCUT2D eigenvalue weighted by molar-refractivity contribution is 5.83. The van der Waals surface area contributed by atoms with E-state index in [2.05, 4.69) is 34.0 Å². The minimum atomic E-state index is -0.199. The van der Waals surface area contributed by atoms with Crippen LogP contribution >= 0.6 is 0 Å². The van der Waals surface area contributed by atoms with Gasteiger partial charge in [0.2, 0.25) is 0 Å². The molecule has 6 rings (SSSR count). The van der Waals surface area contributed by atoms with Gasteiger partial charge in [0, 0.05) is 23.1 Å². The van der Waals surface area contributed by atoms with Crippen molar-refractivity contribution in [3.05, 3.63) is 78.5 Å². The van der Waals surface area contributed by atoms with Crippen molar-refractivity contribution in [2.75, 3.05) is 0 Å². The Balaban J connectivity index is 1.20. The normalized spacial score (nSPS) is 19.8. The number of rotatable bonds is 4. The number of H-pyrrole nitrogens is 1. The molecule has 1 aliphatic rings. The van der Waals surface area contributed by atoms with Crippen molar-refractivity contribution in [2.45, 2.75) is 44.4 Å². The van der Waals surface area contributed by atoms with Gasteiger partial charge in [-0.2, -0.15) is 0 Å². The summed E-state index contributed by atoms with van der Waals surface area (Å²) in [5.74, 6) is 2.95. The molecule has 5 nitrogen and oxygen atoms in total. The molecule has 1 atom stereocenters. The van der Waals surface area contributed by atoms with Crippen LogP contribution in [-0.4, -0.2) is 19.9 Å². The molecular formula is C27H25FN4O. The lowest BCUT2D eigenvalue weighted by molar-refractivity contribution is 0.286. The number of hydrogen-bond acceptors (Lipinski definition) is 4. The Labute approximate surface area is 191 Å². The van der Waals surface area contributed by atoms with Crippen molar-refractivity contribution < 1.29 is 8.81 Å². The summed E-state index contributed by atoms with van der Waals surface area (Å²) in [7, 11) is 0. The average Bonchev–Trinajstić information content (AvgIpc) is 3.53. The number of fused-ring (bicyclic) bond motifs is 2. The molecule has 33 heavy (non-hydrogen) atoms. The number of halogens is 1. The number of aromatic amines is 1. The highest BCUT2D eigenvalue weighted by Gasteiger charge is 2.29. The van der Waals surface area contributed by atoms with Crippen molar-refractivity contribution >= 4 is 21.9 Å². The maximum Gasteiger partial charge on any atom is 0.181 e. The number of hydrogen-bond donors (Lipinski definition) is 1. The van der Waals surface area contributed by atoms with Crippen LogP contribution in [0.1, 0.15) is 55.8 Å². The molecule has 0 radical (unpaired) electrons. The number of benzene rings is 2. The van der Waals surface area contributed by atoms with Crippen LogP contribution in [0.25, 0.3) is 33.3 Å². The summed E-state index contributed by atoms with van der Waals surface area (Å²) in [6, 6.07) is 13.1. The van der Waals surface area contributed by atoms with Gasteiger partial charge in [-0.1, -0.05) is 6.92 Å². The molecule has 0 aliphatic heterocycles. The largest absolute Gasteiger partial charge is 0.444 e. The Morgan fingerprint density at radius 3 is 2.73 bits per heavy atom. The Kier molecular flexibility index (Phi) is 4.93. The van der Waals surface area contributed by atoms with E-state index in [1.54, 1.807) is 18.3 Å². The molecule has 3 aromatic heterocycles. The maximum atomic E-state index is 13.9. The van der Waals surface area contributed by atoms with Crippen LogP contribution in [0.15, 0.2) is 65.7 Å². The van der Waals surface area contributed by atoms with E-state index in [4.69, 9.17) is 9.40 Å². The summed E-state index contributed by atoms with van der Waals surface area (Å²) in [5.41, 5.74) is 5.07. The van der Waals surface area contributed by atoms with Crippen LogP contribution in [0.2, 0.25) is 0 Å². The third-order valence-corrected chi connectivity index (χ3v) is 7.31. The molecule has 6 heteroatoms. The van der Waals surface area contributed by atoms with Gasteiger partial charge in [-0.25, -0.2) is 14.4 Å². The lowest BCUT2D eigenvalue weighted by Gasteiger charge is -2.32. The predicted molar refractivity (Wildman–Crippen MR) is 126 cm³/mol. The van der Waals surface area contributed by atoms with Gasteiger partial charge in [-0.3, -0.25) is 4.98 Å². The second kappa shape index (κ2) is 8.10. The smallest absolute Gasteiger partial charge is 0.181 e. The third kappa shape index (κ3) is 3.69. The molecule has 0 saturated heterocycles. The van der Waals surface area contributed by atoms with E-state index in [9.17, 15) is 4.39 Å². The van der Waals surface area contributed by atoms with Crippen LogP contribution in [0.4, 0.5) is 4.39 Å². The predicted octanol–water partition coefficient (Wildman–Crippen LogP) is 6.98. The van der Waals surface area contributed by atoms with Gasteiger partial charge in [0.1, 0.15) is 11.6 Å². The fraction of sp³-hybridized carbons (Fsp3) is 0.296. The van der Waals surface area contributed by atoms with Crippen molar-refractivity contribution in [1.82, 2.24) is 19.9 Å². The maximum absolute atomic E-state index is 13.9. The van der Waals surface area contributed by atoms with Crippen LogP contribution in [0, 0.1) is 11.7 Å². The monoisotopic (exact) mass is 440 g/mol. The lowest BCUT2D eigenvalue weighted by atomic mass is 9.73. The van der Waals surface area contributed by atoms with Gasteiger partial charge in [0.05, 0.1) is 22.7 Å². The van der Waals surface area contributed by atoms with E-state index in [0.29, 0.717) is 17.8 Å². The number of oxazole rings is 1. The van der Waals surface area contributed by atoms with Gasteiger partial charge in [-0.15, -0.1) is 0 Å². The first kappa shape index (κ1) is 20.1. The van der Waals surface area contributed by atoms with Crippen molar-refractivity contribution in [3.8, 4) is 11.3 Å². The minimum Gasteiger partial charge on any atom is -0.444 e. The van der Waals surface area contributed by atoms with E-state index in [0.717, 1.165) is 64.8 Å². The average molecular weight is 441 g/mol. The summed E-state index contributed by atoms with van der Waals surface area (Å²) >= 11 is 0. The molecule has 0 amide bonds. The Hall–Kier alpha value is -3.54. The summed E-state index contributed by atoms with van der Waals surface area (Å²) in [6.45, 7) is 2.28. The van der Waals surface area contributed by atoms with Crippen LogP contribution in [0.5, 0.6) is 0 Å². The summed E-state index contributed by atoms with van der Waals surface area (Å²) < 4.78 is 19.3. The quantitative estimate of drug-likeness (QED) is 0.327. The summed E-state index contributed by atoms with van der Waals surface area (Å²) in [5, 5.41) is 0.953. The molecule has 1 saturated carbocycles. The molecule has 2 aromatic carbocycles. The highest BCUT2D eigenvalue weighted by atomic mass is 19.1. The number of nitrogens with one attached hydrogen (secondary N) is 1. The van der Waals surface area contributed by atoms with Gasteiger partial charge in [0.25, 0.3) is 0 Å². The fourth-order valence-electron chi connectivity index (χ4n) is 5.40. The van der Waals surface area contributed by atoms with Crippen LogP contribution in [-0.2, 0) is 0 Å². The lowest BCUT2D eigenvalue weighted by Crippen LogP contribution is -2.19. The Bertz CT molecular complexity index is 1420. The number of nitrogens with zero attached hydrogens (tertiary/aromatic N) is 3. The first-order valence-electron chi connectivity index (χ1n) is 11.6. The molecule has 0 bridgehead atoms. The molecule has 0 unspecified atom stereocenters. The Morgan fingerprint density at radius 2 is 1.91 bits per heavy atom. The number of pyridine rings is 1. The van der Waals surface area contributed by atoms with Crippen molar-refractivity contribution in [2.24, 2.45) is 5.92 Å². The summed E-state index contributed by atoms with van der Waals surface area (Å²) in [6.07, 6.45) is 9.47. The number of aromatic nitrogens is 4. The second-order valence-corrected chi connectivity index (χ2v) is 9.18. The Morgan fingerprint density at radius 1 is 1.03 bits per heavy atom. The third-order valence-electron chi connectivity index (χ3n) is 7.31. The first-order chi connectivity index (χ1) is 16.2. The van der Waals surface area contributed by atoms with E-state index in [1.165, 1.54) is 18.0 Å². The SMILES string of the molecule is C[C@@H](c1nc2cc(-c3cnco3)ccc2[nH]1)C1CCC(c2ccnc3ccc(F)cc23)CC1. The minimum absolute atomic E-state index is 0.199. The first-order valence-corrected chi connectivity index (χ1v) is 11.6. The zero-order chi connectivity index (χ0) is 22.4. The van der Waals surface area contributed by atoms with E-state index < -0.39 is 0 Å². The van der Waals surface area contributed by atoms with Crippen molar-refractivity contribution in [3.63, 3.8) is 0 Å². The molecular weight excluding hydrogens is 415 g/mol. The molecule has 5 aromatic rings. The summed E-state index contributed by atoms with van der Waals surface area (Å²) in [4.78, 5) is 16.9. The molecule has 166 valence electrons. The van der Waals surface area contributed by atoms with Gasteiger partial charge < -0.3 is 9.40 Å². The second-order valence-electron chi connectivity index (χ2n) is 9.18. The van der Waals surface area contributed by atoms with Crippen LogP contribution < -0.4 is 0 Å². The molecule has 1 fully saturated rings. The zero-order valence-electron chi connectivity index (χ0n) is 18.5. The molecule has 0 spiro atoms. The zero-order valence-corrected chi connectivity index (χ0v) is 18.5. The molecule has 3 heterocycles. The van der Waals surface area contributed by atoms with Gasteiger partial charge in [-0.05, 0) is 85.5 Å². The van der Waals surface area contributed by atoms with Gasteiger partial charge in [0.15, 0.2) is 12.2 Å². The van der Waals surface area contributed by atoms with E-state index in [1.807, 2.05) is 18.3 Å². The van der Waals surface area contributed by atoms with Gasteiger partial charge >= 0.3 is 0 Å². The van der Waals surface area contributed by atoms with E-state index >= 15 is 0 Å². The van der Waals surface area contributed by atoms with Crippen LogP contribution in [0.3, 0.4) is 0 Å².